The second-order valence-electron chi connectivity index (χ2n) is 19.8. The molecule has 0 amide bonds. The van der Waals surface area contributed by atoms with Gasteiger partial charge in [0.25, 0.3) is 0 Å². The molecule has 0 spiro atoms. The van der Waals surface area contributed by atoms with Gasteiger partial charge in [0, 0.05) is 13.0 Å². The lowest BCUT2D eigenvalue weighted by atomic mass is 9.98. The third kappa shape index (κ3) is 30.4. The molecule has 0 saturated carbocycles. The number of hydrogen-bond acceptors (Lipinski definition) is 14. The van der Waals surface area contributed by atoms with Gasteiger partial charge in [-0.05, 0) is 51.4 Å². The van der Waals surface area contributed by atoms with Crippen LogP contribution in [0.15, 0.2) is 36.5 Å². The minimum absolute atomic E-state index is 0.0573. The number of aliphatic hydroxyl groups excluding tert-OH is 7. The Hall–Kier alpha value is -1.79. The number of unbranched alkanes of at least 4 members (excludes halogenated alkanes) is 25. The summed E-state index contributed by atoms with van der Waals surface area (Å²) in [5, 5.41) is 72.2. The van der Waals surface area contributed by atoms with Gasteiger partial charge in [0.2, 0.25) is 0 Å². The zero-order valence-electron chi connectivity index (χ0n) is 43.8. The third-order valence-electron chi connectivity index (χ3n) is 13.4. The van der Waals surface area contributed by atoms with Crippen LogP contribution in [0.4, 0.5) is 0 Å². The largest absolute Gasteiger partial charge is 0.457 e. The number of carbonyl (C=O) groups is 1. The Morgan fingerprint density at radius 1 is 0.471 bits per heavy atom. The molecule has 0 aromatic rings. The van der Waals surface area contributed by atoms with Crippen LogP contribution < -0.4 is 0 Å². The molecule has 410 valence electrons. The molecule has 11 atom stereocenters. The molecule has 2 aliphatic heterocycles. The summed E-state index contributed by atoms with van der Waals surface area (Å²) in [4.78, 5) is 13.0. The molecule has 0 aliphatic carbocycles. The maximum Gasteiger partial charge on any atom is 0.306 e. The van der Waals surface area contributed by atoms with Crippen LogP contribution in [0, 0.1) is 0 Å². The van der Waals surface area contributed by atoms with E-state index in [0.29, 0.717) is 13.0 Å². The Bertz CT molecular complexity index is 1300. The molecule has 7 N–H and O–H groups in total. The van der Waals surface area contributed by atoms with Crippen molar-refractivity contribution in [2.24, 2.45) is 0 Å². The van der Waals surface area contributed by atoms with E-state index in [1.165, 1.54) is 128 Å². The van der Waals surface area contributed by atoms with Crippen LogP contribution >= 0.6 is 0 Å². The lowest BCUT2D eigenvalue weighted by molar-refractivity contribution is -0.332. The smallest absolute Gasteiger partial charge is 0.306 e. The molecule has 0 aromatic carbocycles. The number of hydrogen-bond donors (Lipinski definition) is 7. The van der Waals surface area contributed by atoms with Gasteiger partial charge in [0.1, 0.15) is 54.9 Å². The van der Waals surface area contributed by atoms with Crippen LogP contribution in [-0.4, -0.2) is 142 Å². The third-order valence-corrected chi connectivity index (χ3v) is 13.4. The molecule has 0 bridgehead atoms. The molecular weight excluding hydrogens is 897 g/mol. The zero-order valence-corrected chi connectivity index (χ0v) is 43.8. The summed E-state index contributed by atoms with van der Waals surface area (Å²) in [7, 11) is 0. The SMILES string of the molecule is CCCCCCC/C=C\C/C=C\C/C=C\CCCCCCCCCOCC(COC1OC(COC2OC(CO)C(O)C(O)C2O)C(O)C(O)C1O)OC(=O)CCCCCCCCCCCCCCCC. The summed E-state index contributed by atoms with van der Waals surface area (Å²) >= 11 is 0. The first kappa shape index (κ1) is 64.3. The van der Waals surface area contributed by atoms with Gasteiger partial charge in [0.15, 0.2) is 12.6 Å². The van der Waals surface area contributed by atoms with Gasteiger partial charge < -0.3 is 64.2 Å². The Kier molecular flexibility index (Phi) is 40.1. The van der Waals surface area contributed by atoms with Crippen LogP contribution in [0.3, 0.4) is 0 Å². The van der Waals surface area contributed by atoms with Crippen LogP contribution in [0.2, 0.25) is 0 Å². The van der Waals surface area contributed by atoms with Gasteiger partial charge in [-0.25, -0.2) is 0 Å². The summed E-state index contributed by atoms with van der Waals surface area (Å²) in [5.74, 6) is -0.378. The first-order chi connectivity index (χ1) is 34.1. The van der Waals surface area contributed by atoms with Crippen molar-refractivity contribution in [3.8, 4) is 0 Å². The van der Waals surface area contributed by atoms with Crippen molar-refractivity contribution >= 4 is 5.97 Å². The number of carbonyl (C=O) groups excluding carboxylic acids is 1. The highest BCUT2D eigenvalue weighted by Gasteiger charge is 2.47. The van der Waals surface area contributed by atoms with Crippen molar-refractivity contribution in [1.82, 2.24) is 0 Å². The van der Waals surface area contributed by atoms with Crippen molar-refractivity contribution in [3.63, 3.8) is 0 Å². The Labute approximate surface area is 423 Å². The Morgan fingerprint density at radius 2 is 0.886 bits per heavy atom. The summed E-state index contributed by atoms with van der Waals surface area (Å²) in [5.41, 5.74) is 0. The summed E-state index contributed by atoms with van der Waals surface area (Å²) in [6.45, 7) is 3.67. The molecule has 11 unspecified atom stereocenters. The lowest BCUT2D eigenvalue weighted by Gasteiger charge is -2.42. The average Bonchev–Trinajstić information content (AvgIpc) is 3.36. The normalized spacial score (nSPS) is 25.7. The topological polar surface area (TPSA) is 214 Å². The molecule has 14 nitrogen and oxygen atoms in total. The van der Waals surface area contributed by atoms with Gasteiger partial charge in [-0.3, -0.25) is 4.79 Å². The van der Waals surface area contributed by atoms with Crippen molar-refractivity contribution in [2.75, 3.05) is 33.0 Å². The zero-order chi connectivity index (χ0) is 50.9. The maximum absolute atomic E-state index is 13.0. The van der Waals surface area contributed by atoms with Crippen molar-refractivity contribution in [2.45, 2.75) is 280 Å². The van der Waals surface area contributed by atoms with E-state index >= 15 is 0 Å². The summed E-state index contributed by atoms with van der Waals surface area (Å²) < 4.78 is 34.3. The van der Waals surface area contributed by atoms with Crippen molar-refractivity contribution < 1.29 is 69.0 Å². The Balaban J connectivity index is 1.73. The summed E-state index contributed by atoms with van der Waals surface area (Å²) in [6, 6.07) is 0. The van der Waals surface area contributed by atoms with E-state index in [1.807, 2.05) is 0 Å². The molecule has 70 heavy (non-hydrogen) atoms. The minimum atomic E-state index is -1.71. The number of ether oxygens (including phenoxy) is 6. The van der Waals surface area contributed by atoms with Crippen molar-refractivity contribution in [1.29, 1.82) is 0 Å². The van der Waals surface area contributed by atoms with Gasteiger partial charge in [-0.1, -0.05) is 192 Å². The molecule has 14 heteroatoms. The van der Waals surface area contributed by atoms with Gasteiger partial charge in [-0.15, -0.1) is 0 Å². The molecular formula is C56H102O14. The van der Waals surface area contributed by atoms with E-state index in [1.54, 1.807) is 0 Å². The van der Waals surface area contributed by atoms with Gasteiger partial charge >= 0.3 is 5.97 Å². The average molecular weight is 999 g/mol. The van der Waals surface area contributed by atoms with E-state index in [2.05, 4.69) is 50.3 Å². The van der Waals surface area contributed by atoms with Gasteiger partial charge in [-0.2, -0.15) is 0 Å². The van der Waals surface area contributed by atoms with E-state index in [9.17, 15) is 40.5 Å². The molecule has 2 rings (SSSR count). The van der Waals surface area contributed by atoms with E-state index < -0.39 is 80.7 Å². The second-order valence-corrected chi connectivity index (χ2v) is 19.8. The van der Waals surface area contributed by atoms with E-state index in [0.717, 1.165) is 57.8 Å². The first-order valence-electron chi connectivity index (χ1n) is 28.1. The molecule has 0 aromatic heterocycles. The van der Waals surface area contributed by atoms with Crippen LogP contribution in [-0.2, 0) is 33.2 Å². The van der Waals surface area contributed by atoms with Crippen LogP contribution in [0.1, 0.15) is 213 Å². The Morgan fingerprint density at radius 3 is 1.39 bits per heavy atom. The van der Waals surface area contributed by atoms with Crippen LogP contribution in [0.5, 0.6) is 0 Å². The fourth-order valence-corrected chi connectivity index (χ4v) is 8.82. The summed E-state index contributed by atoms with van der Waals surface area (Å²) in [6.07, 6.45) is 33.4. The monoisotopic (exact) mass is 999 g/mol. The molecule has 2 saturated heterocycles. The quantitative estimate of drug-likeness (QED) is 0.0172. The fourth-order valence-electron chi connectivity index (χ4n) is 8.82. The van der Waals surface area contributed by atoms with Crippen LogP contribution in [0.25, 0.3) is 0 Å². The highest BCUT2D eigenvalue weighted by atomic mass is 16.7. The highest BCUT2D eigenvalue weighted by molar-refractivity contribution is 5.69. The molecule has 0 radical (unpaired) electrons. The fraction of sp³-hybridized carbons (Fsp3) is 0.875. The van der Waals surface area contributed by atoms with Gasteiger partial charge in [0.05, 0.1) is 26.4 Å². The number of esters is 1. The minimum Gasteiger partial charge on any atom is -0.457 e. The highest BCUT2D eigenvalue weighted by Crippen LogP contribution is 2.26. The number of aliphatic hydroxyl groups is 7. The molecule has 2 heterocycles. The number of allylic oxidation sites excluding steroid dienone is 6. The first-order valence-corrected chi connectivity index (χ1v) is 28.1. The predicted octanol–water partition coefficient (Wildman–Crippen LogP) is 9.36. The van der Waals surface area contributed by atoms with E-state index in [-0.39, 0.29) is 25.6 Å². The standard InChI is InChI=1S/C56H102O14/c1-3-5-7-9-11-13-15-17-19-20-21-22-23-24-25-26-28-30-32-34-36-38-40-65-42-45(68-48(58)39-37-35-33-31-29-27-18-16-14-12-10-8-6-4-2)43-66-55-54(64)52(62)50(60)47(70-55)44-67-56-53(63)51(61)49(59)46(41-57)69-56/h15,17,20-21,23-24,45-47,49-57,59-64H,3-14,16,18-19,22,25-44H2,1-2H3/b17-15-,21-20-,24-23-. The van der Waals surface area contributed by atoms with E-state index in [4.69, 9.17) is 28.4 Å². The predicted molar refractivity (Wildman–Crippen MR) is 275 cm³/mol. The van der Waals surface area contributed by atoms with Crippen molar-refractivity contribution in [3.05, 3.63) is 36.5 Å². The molecule has 2 aliphatic rings. The lowest BCUT2D eigenvalue weighted by Crippen LogP contribution is -2.61. The number of rotatable bonds is 45. The maximum atomic E-state index is 13.0. The molecule has 2 fully saturated rings. The second kappa shape index (κ2) is 43.6.